The molecule has 94 valence electrons. The van der Waals surface area contributed by atoms with Gasteiger partial charge in [-0.05, 0) is 59.9 Å². The topological polar surface area (TPSA) is 41.5 Å². The first-order valence-corrected chi connectivity index (χ1v) is 6.90. The van der Waals surface area contributed by atoms with Gasteiger partial charge < -0.3 is 15.2 Å². The number of rotatable bonds is 3. The van der Waals surface area contributed by atoms with Crippen molar-refractivity contribution in [3.63, 3.8) is 0 Å². The van der Waals surface area contributed by atoms with Crippen LogP contribution in [0.15, 0.2) is 16.6 Å². The van der Waals surface area contributed by atoms with Gasteiger partial charge in [-0.25, -0.2) is 0 Å². The van der Waals surface area contributed by atoms with Crippen LogP contribution in [0.4, 0.5) is 0 Å². The van der Waals surface area contributed by atoms with Crippen molar-refractivity contribution in [2.75, 3.05) is 13.2 Å². The Hall–Kier alpha value is -0.740. The molecule has 2 N–H and O–H groups in total. The van der Waals surface area contributed by atoms with E-state index in [-0.39, 0.29) is 5.75 Å². The van der Waals surface area contributed by atoms with Gasteiger partial charge in [-0.15, -0.1) is 0 Å². The maximum Gasteiger partial charge on any atom is 0.172 e. The fraction of sp³-hybridized carbons (Fsp3) is 0.538. The van der Waals surface area contributed by atoms with Crippen molar-refractivity contribution in [3.05, 3.63) is 22.2 Å². The molecule has 0 saturated carbocycles. The number of phenols is 1. The van der Waals surface area contributed by atoms with Gasteiger partial charge in [0.1, 0.15) is 0 Å². The molecule has 1 atom stereocenters. The summed E-state index contributed by atoms with van der Waals surface area (Å²) in [6.45, 7) is 3.54. The van der Waals surface area contributed by atoms with E-state index in [0.717, 1.165) is 13.0 Å². The van der Waals surface area contributed by atoms with Crippen LogP contribution in [0.25, 0.3) is 0 Å². The maximum atomic E-state index is 9.86. The minimum Gasteiger partial charge on any atom is -0.503 e. The van der Waals surface area contributed by atoms with Crippen LogP contribution in [0.2, 0.25) is 0 Å². The number of benzene rings is 1. The minimum absolute atomic E-state index is 0.186. The molecule has 17 heavy (non-hydrogen) atoms. The molecule has 1 saturated heterocycles. The Labute approximate surface area is 110 Å². The van der Waals surface area contributed by atoms with Crippen molar-refractivity contribution in [1.82, 2.24) is 5.32 Å². The van der Waals surface area contributed by atoms with Gasteiger partial charge in [0.25, 0.3) is 0 Å². The lowest BCUT2D eigenvalue weighted by Crippen LogP contribution is -2.26. The molecule has 0 aromatic heterocycles. The predicted octanol–water partition coefficient (Wildman–Crippen LogP) is 3.37. The van der Waals surface area contributed by atoms with Crippen LogP contribution < -0.4 is 10.1 Å². The van der Waals surface area contributed by atoms with Crippen LogP contribution in [0.1, 0.15) is 37.8 Å². The maximum absolute atomic E-state index is 9.86. The molecular weight excluding hydrogens is 282 g/mol. The molecule has 0 unspecified atom stereocenters. The Kier molecular flexibility index (Phi) is 4.29. The summed E-state index contributed by atoms with van der Waals surface area (Å²) in [6.07, 6.45) is 3.64. The molecular formula is C13H18BrNO2. The van der Waals surface area contributed by atoms with Crippen LogP contribution >= 0.6 is 15.9 Å². The quantitative estimate of drug-likeness (QED) is 0.899. The molecule has 1 fully saturated rings. The highest BCUT2D eigenvalue weighted by atomic mass is 79.9. The van der Waals surface area contributed by atoms with Crippen molar-refractivity contribution >= 4 is 15.9 Å². The lowest BCUT2D eigenvalue weighted by Gasteiger charge is -2.24. The molecule has 0 amide bonds. The third-order valence-corrected chi connectivity index (χ3v) is 3.67. The molecule has 0 spiro atoms. The summed E-state index contributed by atoms with van der Waals surface area (Å²) >= 11 is 3.38. The van der Waals surface area contributed by atoms with Gasteiger partial charge in [0, 0.05) is 6.04 Å². The van der Waals surface area contributed by atoms with Crippen LogP contribution in [0.3, 0.4) is 0 Å². The standard InChI is InChI=1S/C13H18BrNO2/c1-2-17-12-8-9(7-10(14)13(12)16)11-5-3-4-6-15-11/h7-8,11,15-16H,2-6H2,1H3/t11-/m1/s1. The monoisotopic (exact) mass is 299 g/mol. The van der Waals surface area contributed by atoms with Gasteiger partial charge in [0.05, 0.1) is 11.1 Å². The number of hydrogen-bond acceptors (Lipinski definition) is 3. The van der Waals surface area contributed by atoms with Gasteiger partial charge in [0.2, 0.25) is 0 Å². The van der Waals surface area contributed by atoms with Gasteiger partial charge >= 0.3 is 0 Å². The van der Waals surface area contributed by atoms with Gasteiger partial charge in [0.15, 0.2) is 11.5 Å². The molecule has 1 aromatic rings. The molecule has 3 nitrogen and oxygen atoms in total. The fourth-order valence-corrected chi connectivity index (χ4v) is 2.66. The second-order valence-corrected chi connectivity index (χ2v) is 5.14. The number of hydrogen-bond donors (Lipinski definition) is 2. The second kappa shape index (κ2) is 5.74. The van der Waals surface area contributed by atoms with E-state index in [1.54, 1.807) is 0 Å². The normalized spacial score (nSPS) is 20.2. The van der Waals surface area contributed by atoms with Crippen LogP contribution in [0, 0.1) is 0 Å². The van der Waals surface area contributed by atoms with Crippen LogP contribution in [-0.4, -0.2) is 18.3 Å². The Morgan fingerprint density at radius 2 is 2.29 bits per heavy atom. The molecule has 4 heteroatoms. The minimum atomic E-state index is 0.186. The summed E-state index contributed by atoms with van der Waals surface area (Å²) in [6, 6.07) is 4.29. The highest BCUT2D eigenvalue weighted by Crippen LogP contribution is 2.38. The molecule has 1 aromatic carbocycles. The first kappa shape index (κ1) is 12.7. The number of nitrogens with one attached hydrogen (secondary N) is 1. The number of piperidine rings is 1. The van der Waals surface area contributed by atoms with Crippen molar-refractivity contribution in [1.29, 1.82) is 0 Å². The predicted molar refractivity (Wildman–Crippen MR) is 71.6 cm³/mol. The fourth-order valence-electron chi connectivity index (χ4n) is 2.20. The first-order valence-electron chi connectivity index (χ1n) is 6.11. The van der Waals surface area contributed by atoms with Crippen molar-refractivity contribution in [2.24, 2.45) is 0 Å². The average Bonchev–Trinajstić information content (AvgIpc) is 2.36. The summed E-state index contributed by atoms with van der Waals surface area (Å²) in [5, 5.41) is 13.4. The molecule has 0 aliphatic carbocycles. The Bertz CT molecular complexity index is 389. The molecule has 1 aliphatic heterocycles. The molecule has 1 heterocycles. The van der Waals surface area contributed by atoms with E-state index in [1.807, 2.05) is 19.1 Å². The zero-order chi connectivity index (χ0) is 12.3. The van der Waals surface area contributed by atoms with Crippen molar-refractivity contribution in [2.45, 2.75) is 32.2 Å². The van der Waals surface area contributed by atoms with E-state index in [0.29, 0.717) is 22.9 Å². The number of phenolic OH excluding ortho intramolecular Hbond substituents is 1. The highest BCUT2D eigenvalue weighted by molar-refractivity contribution is 9.10. The van der Waals surface area contributed by atoms with E-state index in [2.05, 4.69) is 21.2 Å². The number of aromatic hydroxyl groups is 1. The summed E-state index contributed by atoms with van der Waals surface area (Å²) in [7, 11) is 0. The van der Waals surface area contributed by atoms with Crippen LogP contribution in [-0.2, 0) is 0 Å². The third-order valence-electron chi connectivity index (χ3n) is 3.06. The second-order valence-electron chi connectivity index (χ2n) is 4.28. The van der Waals surface area contributed by atoms with Gasteiger partial charge in [-0.3, -0.25) is 0 Å². The first-order chi connectivity index (χ1) is 8.22. The Morgan fingerprint density at radius 3 is 2.94 bits per heavy atom. The summed E-state index contributed by atoms with van der Waals surface area (Å²) in [5.41, 5.74) is 1.18. The highest BCUT2D eigenvalue weighted by Gasteiger charge is 2.18. The zero-order valence-electron chi connectivity index (χ0n) is 10.0. The summed E-state index contributed by atoms with van der Waals surface area (Å²) in [4.78, 5) is 0. The van der Waals surface area contributed by atoms with E-state index >= 15 is 0 Å². The Balaban J connectivity index is 2.27. The molecule has 1 aliphatic rings. The lowest BCUT2D eigenvalue weighted by atomic mass is 9.97. The Morgan fingerprint density at radius 1 is 1.47 bits per heavy atom. The van der Waals surface area contributed by atoms with E-state index < -0.39 is 0 Å². The van der Waals surface area contributed by atoms with E-state index in [4.69, 9.17) is 4.74 Å². The van der Waals surface area contributed by atoms with Crippen molar-refractivity contribution in [3.8, 4) is 11.5 Å². The lowest BCUT2D eigenvalue weighted by molar-refractivity contribution is 0.315. The zero-order valence-corrected chi connectivity index (χ0v) is 11.6. The van der Waals surface area contributed by atoms with Gasteiger partial charge in [-0.1, -0.05) is 6.42 Å². The van der Waals surface area contributed by atoms with Gasteiger partial charge in [-0.2, -0.15) is 0 Å². The third kappa shape index (κ3) is 2.93. The smallest absolute Gasteiger partial charge is 0.172 e. The number of halogens is 1. The molecule has 0 bridgehead atoms. The average molecular weight is 300 g/mol. The van der Waals surface area contributed by atoms with Crippen LogP contribution in [0.5, 0.6) is 11.5 Å². The largest absolute Gasteiger partial charge is 0.503 e. The summed E-state index contributed by atoms with van der Waals surface area (Å²) in [5.74, 6) is 0.746. The molecule has 2 rings (SSSR count). The SMILES string of the molecule is CCOc1cc([C@H]2CCCCN2)cc(Br)c1O. The molecule has 0 radical (unpaired) electrons. The summed E-state index contributed by atoms with van der Waals surface area (Å²) < 4.78 is 6.14. The van der Waals surface area contributed by atoms with Crippen molar-refractivity contribution < 1.29 is 9.84 Å². The number of ether oxygens (including phenoxy) is 1. The van der Waals surface area contributed by atoms with E-state index in [9.17, 15) is 5.11 Å². The van der Waals surface area contributed by atoms with E-state index in [1.165, 1.54) is 18.4 Å².